The van der Waals surface area contributed by atoms with Crippen LogP contribution in [0.3, 0.4) is 0 Å². The zero-order chi connectivity index (χ0) is 14.8. The predicted octanol–water partition coefficient (Wildman–Crippen LogP) is 3.02. The van der Waals surface area contributed by atoms with Gasteiger partial charge in [0.15, 0.2) is 0 Å². The summed E-state index contributed by atoms with van der Waals surface area (Å²) in [7, 11) is 0. The first-order valence-electron chi connectivity index (χ1n) is 6.73. The van der Waals surface area contributed by atoms with Crippen LogP contribution in [-0.2, 0) is 4.79 Å². The molecule has 108 valence electrons. The fourth-order valence-electron chi connectivity index (χ4n) is 2.69. The molecule has 2 rings (SSSR count). The Kier molecular flexibility index (Phi) is 4.33. The van der Waals surface area contributed by atoms with Gasteiger partial charge in [-0.2, -0.15) is 0 Å². The monoisotopic (exact) mass is 295 g/mol. The second-order valence-corrected chi connectivity index (χ2v) is 5.79. The first kappa shape index (κ1) is 14.9. The minimum atomic E-state index is -0.828. The molecule has 1 aromatic rings. The lowest BCUT2D eigenvalue weighted by Gasteiger charge is -2.24. The van der Waals surface area contributed by atoms with Crippen molar-refractivity contribution in [2.75, 3.05) is 6.54 Å². The number of carbonyl (C=O) groups excluding carboxylic acids is 1. The van der Waals surface area contributed by atoms with Crippen molar-refractivity contribution in [3.05, 3.63) is 34.3 Å². The number of hydrogen-bond acceptors (Lipinski definition) is 2. The summed E-state index contributed by atoms with van der Waals surface area (Å²) >= 11 is 6.10. The Bertz CT molecular complexity index is 536. The average molecular weight is 296 g/mol. The van der Waals surface area contributed by atoms with Gasteiger partial charge in [0.2, 0.25) is 0 Å². The normalized spacial score (nSPS) is 16.9. The molecule has 1 aliphatic rings. The third-order valence-electron chi connectivity index (χ3n) is 4.04. The molecule has 1 saturated carbocycles. The van der Waals surface area contributed by atoms with Gasteiger partial charge in [-0.3, -0.25) is 9.59 Å². The van der Waals surface area contributed by atoms with Crippen LogP contribution >= 0.6 is 11.6 Å². The van der Waals surface area contributed by atoms with Crippen LogP contribution in [-0.4, -0.2) is 23.5 Å². The number of aliphatic carboxylic acids is 1. The van der Waals surface area contributed by atoms with Crippen molar-refractivity contribution in [1.29, 1.82) is 0 Å². The first-order chi connectivity index (χ1) is 9.46. The standard InChI is InChI=1S/C15H18ClNO3/c1-10-5-4-6-11(12(10)16)13(18)17-9-15(14(19)20)7-2-3-8-15/h4-6H,2-3,7-9H2,1H3,(H,17,18)(H,19,20). The summed E-state index contributed by atoms with van der Waals surface area (Å²) in [5.74, 6) is -1.14. The van der Waals surface area contributed by atoms with Gasteiger partial charge in [0.25, 0.3) is 5.91 Å². The van der Waals surface area contributed by atoms with Gasteiger partial charge in [-0.25, -0.2) is 0 Å². The maximum Gasteiger partial charge on any atom is 0.311 e. The van der Waals surface area contributed by atoms with E-state index < -0.39 is 11.4 Å². The third-order valence-corrected chi connectivity index (χ3v) is 4.54. The molecule has 0 unspecified atom stereocenters. The van der Waals surface area contributed by atoms with Crippen LogP contribution in [0.25, 0.3) is 0 Å². The lowest BCUT2D eigenvalue weighted by molar-refractivity contribution is -0.148. The molecular weight excluding hydrogens is 278 g/mol. The van der Waals surface area contributed by atoms with Crippen LogP contribution in [0.1, 0.15) is 41.6 Å². The fourth-order valence-corrected chi connectivity index (χ4v) is 2.90. The largest absolute Gasteiger partial charge is 0.481 e. The number of halogens is 1. The Labute approximate surface area is 123 Å². The van der Waals surface area contributed by atoms with E-state index in [2.05, 4.69) is 5.32 Å². The van der Waals surface area contributed by atoms with Gasteiger partial charge in [-0.15, -0.1) is 0 Å². The molecule has 0 aliphatic heterocycles. The molecule has 0 radical (unpaired) electrons. The minimum Gasteiger partial charge on any atom is -0.481 e. The van der Waals surface area contributed by atoms with E-state index in [4.69, 9.17) is 11.6 Å². The molecule has 20 heavy (non-hydrogen) atoms. The molecular formula is C15H18ClNO3. The number of nitrogens with one attached hydrogen (secondary N) is 1. The number of carboxylic acids is 1. The van der Waals surface area contributed by atoms with Gasteiger partial charge in [-0.05, 0) is 31.4 Å². The number of carbonyl (C=O) groups is 2. The van der Waals surface area contributed by atoms with Crippen molar-refractivity contribution >= 4 is 23.5 Å². The second kappa shape index (κ2) is 5.83. The number of carboxylic acid groups (broad SMARTS) is 1. The smallest absolute Gasteiger partial charge is 0.311 e. The van der Waals surface area contributed by atoms with Gasteiger partial charge in [-0.1, -0.05) is 36.6 Å². The molecule has 4 nitrogen and oxygen atoms in total. The third kappa shape index (κ3) is 2.80. The van der Waals surface area contributed by atoms with E-state index in [1.807, 2.05) is 13.0 Å². The number of rotatable bonds is 4. The Balaban J connectivity index is 2.08. The Morgan fingerprint density at radius 2 is 2.00 bits per heavy atom. The van der Waals surface area contributed by atoms with Gasteiger partial charge in [0.1, 0.15) is 0 Å². The van der Waals surface area contributed by atoms with Gasteiger partial charge < -0.3 is 10.4 Å². The van der Waals surface area contributed by atoms with Crippen LogP contribution in [0.5, 0.6) is 0 Å². The topological polar surface area (TPSA) is 66.4 Å². The van der Waals surface area contributed by atoms with Crippen molar-refractivity contribution < 1.29 is 14.7 Å². The van der Waals surface area contributed by atoms with Crippen LogP contribution in [0.4, 0.5) is 0 Å². The molecule has 0 spiro atoms. The molecule has 0 atom stereocenters. The van der Waals surface area contributed by atoms with Crippen molar-refractivity contribution in [3.8, 4) is 0 Å². The maximum atomic E-state index is 12.2. The minimum absolute atomic E-state index is 0.158. The second-order valence-electron chi connectivity index (χ2n) is 5.41. The highest BCUT2D eigenvalue weighted by Crippen LogP contribution is 2.37. The Morgan fingerprint density at radius 3 is 2.60 bits per heavy atom. The average Bonchev–Trinajstić information content (AvgIpc) is 2.89. The van der Waals surface area contributed by atoms with E-state index >= 15 is 0 Å². The number of aryl methyl sites for hydroxylation is 1. The van der Waals surface area contributed by atoms with E-state index in [1.54, 1.807) is 12.1 Å². The molecule has 1 fully saturated rings. The van der Waals surface area contributed by atoms with E-state index in [0.717, 1.165) is 18.4 Å². The zero-order valence-corrected chi connectivity index (χ0v) is 12.2. The molecule has 1 aromatic carbocycles. The molecule has 0 saturated heterocycles. The van der Waals surface area contributed by atoms with Crippen molar-refractivity contribution in [2.45, 2.75) is 32.6 Å². The first-order valence-corrected chi connectivity index (χ1v) is 7.11. The zero-order valence-electron chi connectivity index (χ0n) is 11.4. The molecule has 1 aliphatic carbocycles. The maximum absolute atomic E-state index is 12.2. The summed E-state index contributed by atoms with van der Waals surface area (Å²) in [5, 5.41) is 12.5. The molecule has 2 N–H and O–H groups in total. The summed E-state index contributed by atoms with van der Waals surface area (Å²) in [6, 6.07) is 5.24. The molecule has 1 amide bonds. The highest BCUT2D eigenvalue weighted by molar-refractivity contribution is 6.34. The number of amides is 1. The van der Waals surface area contributed by atoms with Crippen molar-refractivity contribution in [1.82, 2.24) is 5.32 Å². The Morgan fingerprint density at radius 1 is 1.35 bits per heavy atom. The summed E-state index contributed by atoms with van der Waals surface area (Å²) in [5.41, 5.74) is 0.407. The molecule has 0 bridgehead atoms. The van der Waals surface area contributed by atoms with Crippen LogP contribution in [0.2, 0.25) is 5.02 Å². The number of hydrogen-bond donors (Lipinski definition) is 2. The summed E-state index contributed by atoms with van der Waals surface area (Å²) in [4.78, 5) is 23.6. The van der Waals surface area contributed by atoms with Crippen LogP contribution in [0, 0.1) is 12.3 Å². The molecule has 0 aromatic heterocycles. The SMILES string of the molecule is Cc1cccc(C(=O)NCC2(C(=O)O)CCCC2)c1Cl. The van der Waals surface area contributed by atoms with Gasteiger partial charge in [0, 0.05) is 6.54 Å². The van der Waals surface area contributed by atoms with E-state index in [9.17, 15) is 14.7 Å². The number of benzene rings is 1. The Hall–Kier alpha value is -1.55. The van der Waals surface area contributed by atoms with Crippen molar-refractivity contribution in [2.24, 2.45) is 5.41 Å². The fraction of sp³-hybridized carbons (Fsp3) is 0.467. The summed E-state index contributed by atoms with van der Waals surface area (Å²) in [6.45, 7) is 1.99. The molecule has 5 heteroatoms. The summed E-state index contributed by atoms with van der Waals surface area (Å²) < 4.78 is 0. The predicted molar refractivity (Wildman–Crippen MR) is 77.1 cm³/mol. The van der Waals surface area contributed by atoms with Gasteiger partial charge in [0.05, 0.1) is 16.0 Å². The van der Waals surface area contributed by atoms with Crippen LogP contribution in [0.15, 0.2) is 18.2 Å². The van der Waals surface area contributed by atoms with E-state index in [0.29, 0.717) is 23.4 Å². The van der Waals surface area contributed by atoms with Crippen LogP contribution < -0.4 is 5.32 Å². The lowest BCUT2D eigenvalue weighted by Crippen LogP contribution is -2.41. The highest BCUT2D eigenvalue weighted by atomic mass is 35.5. The van der Waals surface area contributed by atoms with Gasteiger partial charge >= 0.3 is 5.97 Å². The summed E-state index contributed by atoms with van der Waals surface area (Å²) in [6.07, 6.45) is 3.02. The lowest BCUT2D eigenvalue weighted by atomic mass is 9.86. The highest BCUT2D eigenvalue weighted by Gasteiger charge is 2.41. The van der Waals surface area contributed by atoms with E-state index in [-0.39, 0.29) is 12.5 Å². The van der Waals surface area contributed by atoms with Crippen molar-refractivity contribution in [3.63, 3.8) is 0 Å². The van der Waals surface area contributed by atoms with E-state index in [1.165, 1.54) is 0 Å². The quantitative estimate of drug-likeness (QED) is 0.897. The molecule has 0 heterocycles.